The molecule has 0 spiro atoms. The van der Waals surface area contributed by atoms with Gasteiger partial charge in [0.15, 0.2) is 4.34 Å². The average molecular weight is 399 g/mol. The van der Waals surface area contributed by atoms with Crippen LogP contribution in [0.1, 0.15) is 24.1 Å². The lowest BCUT2D eigenvalue weighted by molar-refractivity contribution is -0.128. The van der Waals surface area contributed by atoms with Crippen LogP contribution in [0, 0.1) is 0 Å². The molecule has 27 heavy (non-hydrogen) atoms. The summed E-state index contributed by atoms with van der Waals surface area (Å²) in [5.41, 5.74) is 2.32. The highest BCUT2D eigenvalue weighted by atomic mass is 32.2. The van der Waals surface area contributed by atoms with Crippen LogP contribution in [0.25, 0.3) is 0 Å². The molecule has 1 aromatic heterocycles. The molecule has 3 rings (SSSR count). The number of hydrogen-bond donors (Lipinski definition) is 1. The molecule has 1 amide bonds. The second-order valence-electron chi connectivity index (χ2n) is 6.09. The monoisotopic (exact) mass is 398 g/mol. The minimum atomic E-state index is 0.0387. The molecule has 1 unspecified atom stereocenters. The first-order chi connectivity index (χ1) is 13.1. The van der Waals surface area contributed by atoms with Gasteiger partial charge in [0.25, 0.3) is 0 Å². The van der Waals surface area contributed by atoms with Crippen LogP contribution in [0.3, 0.4) is 0 Å². The highest BCUT2D eigenvalue weighted by molar-refractivity contribution is 8.01. The first kappa shape index (κ1) is 19.4. The molecule has 1 heterocycles. The fraction of sp³-hybridized carbons (Fsp3) is 0.250. The predicted molar refractivity (Wildman–Crippen MR) is 112 cm³/mol. The van der Waals surface area contributed by atoms with Crippen LogP contribution in [0.4, 0.5) is 5.13 Å². The first-order valence-corrected chi connectivity index (χ1v) is 10.5. The van der Waals surface area contributed by atoms with Gasteiger partial charge in [0, 0.05) is 13.6 Å². The Bertz CT molecular complexity index is 855. The van der Waals surface area contributed by atoms with E-state index in [1.165, 1.54) is 28.7 Å². The molecular formula is C20H22N4OS2. The highest BCUT2D eigenvalue weighted by Gasteiger charge is 2.18. The van der Waals surface area contributed by atoms with Crippen LogP contribution >= 0.6 is 23.1 Å². The molecule has 0 aliphatic rings. The Morgan fingerprint density at radius 2 is 1.78 bits per heavy atom. The van der Waals surface area contributed by atoms with E-state index in [9.17, 15) is 4.79 Å². The Hall–Kier alpha value is -2.38. The third-order valence-corrected chi connectivity index (χ3v) is 6.27. The fourth-order valence-electron chi connectivity index (χ4n) is 2.51. The van der Waals surface area contributed by atoms with Gasteiger partial charge >= 0.3 is 0 Å². The SMILES string of the molecule is CC(c1ccccc1)N(C)C(=O)CSc1nnc(NCc2ccccc2)s1. The third-order valence-electron chi connectivity index (χ3n) is 4.27. The Kier molecular flexibility index (Phi) is 6.84. The van der Waals surface area contributed by atoms with Gasteiger partial charge in [-0.2, -0.15) is 0 Å². The molecule has 0 fully saturated rings. The molecule has 7 heteroatoms. The van der Waals surface area contributed by atoms with Gasteiger partial charge in [-0.15, -0.1) is 10.2 Å². The molecule has 1 N–H and O–H groups in total. The number of carbonyl (C=O) groups excluding carboxylic acids is 1. The molecular weight excluding hydrogens is 376 g/mol. The standard InChI is InChI=1S/C20H22N4OS2/c1-15(17-11-7-4-8-12-17)24(2)18(25)14-26-20-23-22-19(27-20)21-13-16-9-5-3-6-10-16/h3-12,15H,13-14H2,1-2H3,(H,21,22). The van der Waals surface area contributed by atoms with Gasteiger partial charge < -0.3 is 10.2 Å². The van der Waals surface area contributed by atoms with Gasteiger partial charge in [-0.1, -0.05) is 83.8 Å². The number of thioether (sulfide) groups is 1. The van der Waals surface area contributed by atoms with Crippen LogP contribution in [0.15, 0.2) is 65.0 Å². The molecule has 140 valence electrons. The number of anilines is 1. The fourth-order valence-corrected chi connectivity index (χ4v) is 4.18. The van der Waals surface area contributed by atoms with Gasteiger partial charge in [-0.05, 0) is 18.1 Å². The van der Waals surface area contributed by atoms with Crippen molar-refractivity contribution < 1.29 is 4.79 Å². The minimum Gasteiger partial charge on any atom is -0.356 e. The van der Waals surface area contributed by atoms with E-state index in [-0.39, 0.29) is 11.9 Å². The van der Waals surface area contributed by atoms with Crippen molar-refractivity contribution in [2.45, 2.75) is 23.8 Å². The number of hydrogen-bond acceptors (Lipinski definition) is 6. The van der Waals surface area contributed by atoms with Gasteiger partial charge in [0.05, 0.1) is 11.8 Å². The molecule has 1 atom stereocenters. The number of amides is 1. The normalized spacial score (nSPS) is 11.8. The predicted octanol–water partition coefficient (Wildman–Crippen LogP) is 4.46. The number of aromatic nitrogens is 2. The van der Waals surface area contributed by atoms with E-state index in [4.69, 9.17) is 0 Å². The summed E-state index contributed by atoms with van der Waals surface area (Å²) >= 11 is 2.90. The molecule has 2 aromatic carbocycles. The largest absolute Gasteiger partial charge is 0.356 e. The average Bonchev–Trinajstić information content (AvgIpc) is 3.18. The quantitative estimate of drug-likeness (QED) is 0.568. The van der Waals surface area contributed by atoms with Crippen molar-refractivity contribution in [3.05, 3.63) is 71.8 Å². The Labute approximate surface area is 167 Å². The van der Waals surface area contributed by atoms with Gasteiger partial charge in [-0.25, -0.2) is 0 Å². The Balaban J connectivity index is 1.48. The minimum absolute atomic E-state index is 0.0387. The van der Waals surface area contributed by atoms with Crippen LogP contribution in [-0.2, 0) is 11.3 Å². The summed E-state index contributed by atoms with van der Waals surface area (Å²) in [7, 11) is 1.84. The maximum absolute atomic E-state index is 12.5. The van der Waals surface area contributed by atoms with Gasteiger partial charge in [-0.3, -0.25) is 4.79 Å². The molecule has 0 aliphatic heterocycles. The summed E-state index contributed by atoms with van der Waals surface area (Å²) in [5.74, 6) is 0.423. The van der Waals surface area contributed by atoms with Crippen molar-refractivity contribution >= 4 is 34.1 Å². The van der Waals surface area contributed by atoms with Crippen LogP contribution in [0.5, 0.6) is 0 Å². The van der Waals surface area contributed by atoms with Crippen molar-refractivity contribution in [2.75, 3.05) is 18.1 Å². The van der Waals surface area contributed by atoms with Gasteiger partial charge in [0.2, 0.25) is 11.0 Å². The molecule has 0 saturated heterocycles. The van der Waals surface area contributed by atoms with E-state index in [1.54, 1.807) is 4.90 Å². The van der Waals surface area contributed by atoms with E-state index in [0.29, 0.717) is 12.3 Å². The smallest absolute Gasteiger partial charge is 0.233 e. The topological polar surface area (TPSA) is 58.1 Å². The molecule has 0 radical (unpaired) electrons. The van der Waals surface area contributed by atoms with Crippen molar-refractivity contribution in [1.29, 1.82) is 0 Å². The van der Waals surface area contributed by atoms with E-state index >= 15 is 0 Å². The van der Waals surface area contributed by atoms with Crippen LogP contribution in [0.2, 0.25) is 0 Å². The van der Waals surface area contributed by atoms with Crippen LogP contribution in [-0.4, -0.2) is 33.8 Å². The highest BCUT2D eigenvalue weighted by Crippen LogP contribution is 2.27. The lowest BCUT2D eigenvalue weighted by Gasteiger charge is -2.25. The maximum atomic E-state index is 12.5. The summed E-state index contributed by atoms with van der Waals surface area (Å²) < 4.78 is 0.791. The molecule has 0 aliphatic carbocycles. The first-order valence-electron chi connectivity index (χ1n) is 8.68. The second-order valence-corrected chi connectivity index (χ2v) is 8.29. The van der Waals surface area contributed by atoms with Crippen molar-refractivity contribution in [3.63, 3.8) is 0 Å². The number of rotatable bonds is 8. The molecule has 5 nitrogen and oxygen atoms in total. The summed E-state index contributed by atoms with van der Waals surface area (Å²) in [6.45, 7) is 2.74. The Morgan fingerprint density at radius 3 is 2.48 bits per heavy atom. The number of nitrogens with zero attached hydrogens (tertiary/aromatic N) is 3. The van der Waals surface area contributed by atoms with E-state index in [0.717, 1.165) is 15.0 Å². The maximum Gasteiger partial charge on any atom is 0.233 e. The number of nitrogens with one attached hydrogen (secondary N) is 1. The zero-order chi connectivity index (χ0) is 19.1. The summed E-state index contributed by atoms with van der Waals surface area (Å²) in [6, 6.07) is 20.2. The molecule has 3 aromatic rings. The zero-order valence-corrected chi connectivity index (χ0v) is 17.0. The summed E-state index contributed by atoms with van der Waals surface area (Å²) in [6.07, 6.45) is 0. The van der Waals surface area contributed by atoms with E-state index in [1.807, 2.05) is 62.5 Å². The van der Waals surface area contributed by atoms with Crippen LogP contribution < -0.4 is 5.32 Å². The number of benzene rings is 2. The molecule has 0 bridgehead atoms. The number of carbonyl (C=O) groups is 1. The lowest BCUT2D eigenvalue weighted by atomic mass is 10.1. The zero-order valence-electron chi connectivity index (χ0n) is 15.3. The van der Waals surface area contributed by atoms with E-state index < -0.39 is 0 Å². The third kappa shape index (κ3) is 5.55. The van der Waals surface area contributed by atoms with Crippen molar-refractivity contribution in [2.24, 2.45) is 0 Å². The Morgan fingerprint density at radius 1 is 1.11 bits per heavy atom. The van der Waals surface area contributed by atoms with Crippen molar-refractivity contribution in [1.82, 2.24) is 15.1 Å². The van der Waals surface area contributed by atoms with E-state index in [2.05, 4.69) is 27.6 Å². The van der Waals surface area contributed by atoms with Gasteiger partial charge in [0.1, 0.15) is 0 Å². The summed E-state index contributed by atoms with van der Waals surface area (Å²) in [4.78, 5) is 14.3. The summed E-state index contributed by atoms with van der Waals surface area (Å²) in [5, 5.41) is 12.3. The van der Waals surface area contributed by atoms with Crippen molar-refractivity contribution in [3.8, 4) is 0 Å². The lowest BCUT2D eigenvalue weighted by Crippen LogP contribution is -2.31. The second kappa shape index (κ2) is 9.53. The molecule has 0 saturated carbocycles.